The highest BCUT2D eigenvalue weighted by atomic mass is 32.2. The molecule has 6 heteroatoms. The van der Waals surface area contributed by atoms with Gasteiger partial charge < -0.3 is 4.74 Å². The lowest BCUT2D eigenvalue weighted by Gasteiger charge is -2.31. The largest absolute Gasteiger partial charge is 0.488 e. The Kier molecular flexibility index (Phi) is 7.87. The summed E-state index contributed by atoms with van der Waals surface area (Å²) in [6.45, 7) is 0.337. The van der Waals surface area contributed by atoms with Crippen LogP contribution in [0, 0.1) is 5.82 Å². The quantitative estimate of drug-likeness (QED) is 0.396. The summed E-state index contributed by atoms with van der Waals surface area (Å²) in [7, 11) is 0. The van der Waals surface area contributed by atoms with E-state index in [-0.39, 0.29) is 17.8 Å². The number of hydrogen-bond donors (Lipinski definition) is 0. The molecule has 3 fully saturated rings. The van der Waals surface area contributed by atoms with Gasteiger partial charge in [-0.25, -0.2) is 4.39 Å². The number of amidine groups is 1. The van der Waals surface area contributed by atoms with Crippen LogP contribution in [0.1, 0.15) is 75.3 Å². The summed E-state index contributed by atoms with van der Waals surface area (Å²) in [4.78, 5) is 21.5. The van der Waals surface area contributed by atoms with Crippen molar-refractivity contribution in [3.05, 3.63) is 70.4 Å². The highest BCUT2D eigenvalue weighted by Gasteiger charge is 2.39. The molecule has 0 radical (unpaired) electrons. The number of halogens is 1. The molecule has 0 aromatic heterocycles. The van der Waals surface area contributed by atoms with Crippen molar-refractivity contribution in [2.75, 3.05) is 0 Å². The number of para-hydroxylation sites is 1. The number of amides is 1. The van der Waals surface area contributed by atoms with Crippen LogP contribution in [0.15, 0.2) is 58.4 Å². The van der Waals surface area contributed by atoms with Gasteiger partial charge in [0, 0.05) is 11.6 Å². The van der Waals surface area contributed by atoms with Crippen molar-refractivity contribution in [2.24, 2.45) is 4.99 Å². The zero-order valence-corrected chi connectivity index (χ0v) is 20.9. The Bertz CT molecular complexity index is 1090. The van der Waals surface area contributed by atoms with Gasteiger partial charge in [-0.15, -0.1) is 0 Å². The first kappa shape index (κ1) is 24.1. The van der Waals surface area contributed by atoms with Crippen molar-refractivity contribution < 1.29 is 13.9 Å². The molecule has 0 atom stereocenters. The van der Waals surface area contributed by atoms with Crippen LogP contribution in [0.2, 0.25) is 0 Å². The van der Waals surface area contributed by atoms with Crippen LogP contribution < -0.4 is 4.74 Å². The van der Waals surface area contributed by atoms with Crippen LogP contribution in [0.5, 0.6) is 5.75 Å². The van der Waals surface area contributed by atoms with Gasteiger partial charge in [0.05, 0.1) is 10.9 Å². The van der Waals surface area contributed by atoms with Crippen molar-refractivity contribution in [1.29, 1.82) is 0 Å². The SMILES string of the molecule is O=C1C(=Cc2ccccc2OCc2ccc(F)cc2)SC(=NC2CCCCC2)N1C1CCCCC1. The number of aliphatic imine (C=N–C) groups is 1. The Balaban J connectivity index is 1.39. The summed E-state index contributed by atoms with van der Waals surface area (Å²) in [5, 5.41) is 0.893. The van der Waals surface area contributed by atoms with Crippen molar-refractivity contribution in [3.63, 3.8) is 0 Å². The van der Waals surface area contributed by atoms with E-state index in [1.54, 1.807) is 12.1 Å². The Morgan fingerprint density at radius 1 is 0.943 bits per heavy atom. The summed E-state index contributed by atoms with van der Waals surface area (Å²) in [6, 6.07) is 14.7. The number of ether oxygens (including phenoxy) is 1. The Labute approximate surface area is 211 Å². The van der Waals surface area contributed by atoms with Crippen molar-refractivity contribution in [2.45, 2.75) is 82.9 Å². The van der Waals surface area contributed by atoms with Crippen LogP contribution in [0.3, 0.4) is 0 Å². The molecule has 0 N–H and O–H groups in total. The summed E-state index contributed by atoms with van der Waals surface area (Å²) in [5.41, 5.74) is 1.76. The zero-order chi connectivity index (χ0) is 24.0. The maximum atomic E-state index is 13.7. The molecular weight excluding hydrogens is 459 g/mol. The summed E-state index contributed by atoms with van der Waals surface area (Å²) in [6.07, 6.45) is 13.7. The van der Waals surface area contributed by atoms with Gasteiger partial charge in [-0.3, -0.25) is 14.7 Å². The second kappa shape index (κ2) is 11.4. The second-order valence-corrected chi connectivity index (χ2v) is 10.7. The minimum atomic E-state index is -0.260. The fraction of sp³-hybridized carbons (Fsp3) is 0.448. The van der Waals surface area contributed by atoms with E-state index in [4.69, 9.17) is 9.73 Å². The third-order valence-electron chi connectivity index (χ3n) is 7.16. The third-order valence-corrected chi connectivity index (χ3v) is 8.15. The molecule has 184 valence electrons. The number of benzene rings is 2. The highest BCUT2D eigenvalue weighted by Crippen LogP contribution is 2.39. The first-order chi connectivity index (χ1) is 17.2. The molecule has 1 amide bonds. The number of hydrogen-bond acceptors (Lipinski definition) is 4. The highest BCUT2D eigenvalue weighted by molar-refractivity contribution is 8.18. The lowest BCUT2D eigenvalue weighted by atomic mass is 9.94. The summed E-state index contributed by atoms with van der Waals surface area (Å²) in [5.74, 6) is 0.522. The fourth-order valence-electron chi connectivity index (χ4n) is 5.22. The molecule has 0 bridgehead atoms. The minimum Gasteiger partial charge on any atom is -0.488 e. The van der Waals surface area contributed by atoms with E-state index >= 15 is 0 Å². The molecule has 0 spiro atoms. The normalized spacial score (nSPS) is 22.3. The van der Waals surface area contributed by atoms with Crippen LogP contribution >= 0.6 is 11.8 Å². The van der Waals surface area contributed by atoms with Crippen LogP contribution in [0.4, 0.5) is 4.39 Å². The standard InChI is InChI=1S/C29H33FN2O2S/c30-23-17-15-21(16-18-23)20-34-26-14-8-7-9-22(26)19-27-28(33)32(25-12-5-2-6-13-25)29(35-27)31-24-10-3-1-4-11-24/h7-9,14-19,24-25H,1-6,10-13,20H2. The van der Waals surface area contributed by atoms with Gasteiger partial charge >= 0.3 is 0 Å². The molecule has 2 aromatic rings. The average Bonchev–Trinajstić information content (AvgIpc) is 3.19. The third kappa shape index (κ3) is 5.97. The maximum Gasteiger partial charge on any atom is 0.267 e. The number of carbonyl (C=O) groups is 1. The molecule has 35 heavy (non-hydrogen) atoms. The number of rotatable bonds is 6. The van der Waals surface area contributed by atoms with E-state index in [9.17, 15) is 9.18 Å². The van der Waals surface area contributed by atoms with Gasteiger partial charge in [0.1, 0.15) is 18.2 Å². The monoisotopic (exact) mass is 492 g/mol. The molecule has 5 rings (SSSR count). The molecule has 1 saturated heterocycles. The number of carbonyl (C=O) groups excluding carboxylic acids is 1. The number of thioether (sulfide) groups is 1. The van der Waals surface area contributed by atoms with Crippen LogP contribution in [-0.4, -0.2) is 28.1 Å². The van der Waals surface area contributed by atoms with Gasteiger partial charge in [-0.2, -0.15) is 0 Å². The zero-order valence-electron chi connectivity index (χ0n) is 20.1. The average molecular weight is 493 g/mol. The molecule has 1 heterocycles. The van der Waals surface area contributed by atoms with Crippen molar-refractivity contribution in [1.82, 2.24) is 4.90 Å². The van der Waals surface area contributed by atoms with E-state index in [1.807, 2.05) is 35.2 Å². The Morgan fingerprint density at radius 2 is 1.63 bits per heavy atom. The lowest BCUT2D eigenvalue weighted by molar-refractivity contribution is -0.124. The van der Waals surface area contributed by atoms with Crippen LogP contribution in [0.25, 0.3) is 6.08 Å². The summed E-state index contributed by atoms with van der Waals surface area (Å²) < 4.78 is 19.3. The smallest absolute Gasteiger partial charge is 0.267 e. The fourth-order valence-corrected chi connectivity index (χ4v) is 6.32. The molecule has 2 aromatic carbocycles. The van der Waals surface area contributed by atoms with E-state index < -0.39 is 0 Å². The number of nitrogens with zero attached hydrogens (tertiary/aromatic N) is 2. The van der Waals surface area contributed by atoms with E-state index in [1.165, 1.54) is 62.4 Å². The van der Waals surface area contributed by atoms with Gasteiger partial charge in [0.2, 0.25) is 0 Å². The topological polar surface area (TPSA) is 41.9 Å². The maximum absolute atomic E-state index is 13.7. The minimum absolute atomic E-state index is 0.0739. The first-order valence-electron chi connectivity index (χ1n) is 12.9. The molecule has 2 saturated carbocycles. The van der Waals surface area contributed by atoms with E-state index in [0.29, 0.717) is 23.3 Å². The molecule has 2 aliphatic carbocycles. The van der Waals surface area contributed by atoms with Gasteiger partial charge in [-0.1, -0.05) is 68.9 Å². The van der Waals surface area contributed by atoms with Crippen molar-refractivity contribution >= 4 is 28.9 Å². The second-order valence-electron chi connectivity index (χ2n) is 9.73. The van der Waals surface area contributed by atoms with Gasteiger partial charge in [0.15, 0.2) is 5.17 Å². The van der Waals surface area contributed by atoms with Gasteiger partial charge in [0.25, 0.3) is 5.91 Å². The predicted octanol–water partition coefficient (Wildman–Crippen LogP) is 7.34. The van der Waals surface area contributed by atoms with Crippen LogP contribution in [-0.2, 0) is 11.4 Å². The molecule has 0 unspecified atom stereocenters. The van der Waals surface area contributed by atoms with Gasteiger partial charge in [-0.05, 0) is 67.3 Å². The summed E-state index contributed by atoms with van der Waals surface area (Å²) >= 11 is 1.52. The molecular formula is C29H33FN2O2S. The Hall–Kier alpha value is -2.60. The van der Waals surface area contributed by atoms with E-state index in [0.717, 1.165) is 42.0 Å². The first-order valence-corrected chi connectivity index (χ1v) is 13.8. The van der Waals surface area contributed by atoms with Crippen molar-refractivity contribution in [3.8, 4) is 5.75 Å². The molecule has 1 aliphatic heterocycles. The predicted molar refractivity (Wildman–Crippen MR) is 141 cm³/mol. The Morgan fingerprint density at radius 3 is 2.37 bits per heavy atom. The lowest BCUT2D eigenvalue weighted by Crippen LogP contribution is -2.41. The molecule has 4 nitrogen and oxygen atoms in total. The van der Waals surface area contributed by atoms with E-state index in [2.05, 4.69) is 0 Å². The molecule has 3 aliphatic rings.